The van der Waals surface area contributed by atoms with Gasteiger partial charge in [0, 0.05) is 13.1 Å². The van der Waals surface area contributed by atoms with Gasteiger partial charge in [0.05, 0.1) is 0 Å². The summed E-state index contributed by atoms with van der Waals surface area (Å²) in [6.07, 6.45) is 0.425. The Morgan fingerprint density at radius 2 is 1.59 bits per heavy atom. The van der Waals surface area contributed by atoms with Crippen LogP contribution in [-0.4, -0.2) is 41.0 Å². The van der Waals surface area contributed by atoms with E-state index in [1.165, 1.54) is 0 Å². The largest absolute Gasteiger partial charge is 0.444 e. The predicted molar refractivity (Wildman–Crippen MR) is 147 cm³/mol. The van der Waals surface area contributed by atoms with Crippen molar-refractivity contribution < 1.29 is 19.1 Å². The zero-order valence-corrected chi connectivity index (χ0v) is 23.3. The molecule has 0 heterocycles. The third kappa shape index (κ3) is 9.90. The lowest BCUT2D eigenvalue weighted by molar-refractivity contribution is -0.142. The van der Waals surface area contributed by atoms with Crippen LogP contribution in [0.25, 0.3) is 0 Å². The third-order valence-electron chi connectivity index (χ3n) is 5.71. The summed E-state index contributed by atoms with van der Waals surface area (Å²) in [6.45, 7) is 14.0. The number of benzene rings is 2. The molecule has 0 aromatic heterocycles. The van der Waals surface area contributed by atoms with Crippen molar-refractivity contribution in [2.75, 3.05) is 6.54 Å². The molecule has 2 N–H and O–H groups in total. The molecule has 3 amide bonds. The number of hydrogen-bond donors (Lipinski definition) is 2. The molecule has 7 heteroatoms. The number of carbonyl (C=O) groups excluding carboxylic acids is 3. The van der Waals surface area contributed by atoms with Gasteiger partial charge in [0.25, 0.3) is 0 Å². The fourth-order valence-corrected chi connectivity index (χ4v) is 4.05. The van der Waals surface area contributed by atoms with E-state index < -0.39 is 23.8 Å². The summed E-state index contributed by atoms with van der Waals surface area (Å²) in [5.74, 6) is -0.436. The molecule has 37 heavy (non-hydrogen) atoms. The van der Waals surface area contributed by atoms with Crippen molar-refractivity contribution in [2.45, 2.75) is 85.5 Å². The first kappa shape index (κ1) is 29.9. The molecule has 0 aliphatic rings. The van der Waals surface area contributed by atoms with Gasteiger partial charge in [0.2, 0.25) is 11.8 Å². The van der Waals surface area contributed by atoms with Crippen molar-refractivity contribution >= 4 is 17.9 Å². The minimum absolute atomic E-state index is 0.136. The molecule has 0 aliphatic carbocycles. The van der Waals surface area contributed by atoms with Gasteiger partial charge in [-0.15, -0.1) is 0 Å². The van der Waals surface area contributed by atoms with Gasteiger partial charge in [-0.1, -0.05) is 80.9 Å². The molecule has 2 aromatic carbocycles. The molecule has 0 bridgehead atoms. The van der Waals surface area contributed by atoms with Gasteiger partial charge in [-0.25, -0.2) is 4.79 Å². The van der Waals surface area contributed by atoms with E-state index >= 15 is 0 Å². The standard InChI is InChI=1S/C30H43N3O4/c1-8-18-33(28(35)25(19-21(2)3)32-29(36)37-30(5,6)7)26(24-16-14-22(4)15-17-24)27(34)31-20-23-12-10-9-11-13-23/h9-17,21,25-26H,8,18-20H2,1-7H3,(H,31,34)(H,32,36). The van der Waals surface area contributed by atoms with Crippen LogP contribution in [0.15, 0.2) is 54.6 Å². The molecule has 0 saturated carbocycles. The van der Waals surface area contributed by atoms with Gasteiger partial charge >= 0.3 is 6.09 Å². The lowest BCUT2D eigenvalue weighted by atomic mass is 9.98. The maximum atomic E-state index is 14.0. The molecule has 0 fully saturated rings. The van der Waals surface area contributed by atoms with Crippen LogP contribution in [0, 0.1) is 12.8 Å². The van der Waals surface area contributed by atoms with Crippen LogP contribution < -0.4 is 10.6 Å². The van der Waals surface area contributed by atoms with Crippen LogP contribution in [0.4, 0.5) is 4.79 Å². The lowest BCUT2D eigenvalue weighted by Crippen LogP contribution is -2.53. The lowest BCUT2D eigenvalue weighted by Gasteiger charge is -2.35. The van der Waals surface area contributed by atoms with Crippen LogP contribution in [0.5, 0.6) is 0 Å². The number of aryl methyl sites for hydroxylation is 1. The maximum absolute atomic E-state index is 14.0. The molecule has 2 atom stereocenters. The van der Waals surface area contributed by atoms with Crippen molar-refractivity contribution in [3.05, 3.63) is 71.3 Å². The van der Waals surface area contributed by atoms with E-state index in [1.807, 2.05) is 82.3 Å². The highest BCUT2D eigenvalue weighted by Crippen LogP contribution is 2.25. The summed E-state index contributed by atoms with van der Waals surface area (Å²) < 4.78 is 5.43. The molecular weight excluding hydrogens is 466 g/mol. The van der Waals surface area contributed by atoms with Gasteiger partial charge in [0.1, 0.15) is 17.7 Å². The summed E-state index contributed by atoms with van der Waals surface area (Å²) in [5, 5.41) is 5.78. The Morgan fingerprint density at radius 3 is 2.14 bits per heavy atom. The highest BCUT2D eigenvalue weighted by Gasteiger charge is 2.36. The number of hydrogen-bond acceptors (Lipinski definition) is 4. The van der Waals surface area contributed by atoms with Crippen molar-refractivity contribution in [1.82, 2.24) is 15.5 Å². The number of nitrogens with zero attached hydrogens (tertiary/aromatic N) is 1. The molecule has 0 radical (unpaired) electrons. The minimum Gasteiger partial charge on any atom is -0.444 e. The first-order valence-electron chi connectivity index (χ1n) is 13.1. The van der Waals surface area contributed by atoms with Gasteiger partial charge in [-0.3, -0.25) is 9.59 Å². The average Bonchev–Trinajstić information content (AvgIpc) is 2.82. The van der Waals surface area contributed by atoms with Crippen LogP contribution in [0.1, 0.15) is 77.1 Å². The fraction of sp³-hybridized carbons (Fsp3) is 0.500. The highest BCUT2D eigenvalue weighted by atomic mass is 16.6. The topological polar surface area (TPSA) is 87.7 Å². The third-order valence-corrected chi connectivity index (χ3v) is 5.71. The molecular formula is C30H43N3O4. The quantitative estimate of drug-likeness (QED) is 0.417. The van der Waals surface area contributed by atoms with Gasteiger partial charge < -0.3 is 20.3 Å². The summed E-state index contributed by atoms with van der Waals surface area (Å²) in [6, 6.07) is 15.6. The normalized spacial score (nSPS) is 13.0. The SMILES string of the molecule is CCCN(C(=O)C(CC(C)C)NC(=O)OC(C)(C)C)C(C(=O)NCc1ccccc1)c1ccc(C)cc1. The van der Waals surface area contributed by atoms with Gasteiger partial charge in [0.15, 0.2) is 0 Å². The number of amides is 3. The van der Waals surface area contributed by atoms with E-state index in [0.717, 1.165) is 16.7 Å². The molecule has 202 valence electrons. The first-order chi connectivity index (χ1) is 17.4. The summed E-state index contributed by atoms with van der Waals surface area (Å²) >= 11 is 0. The smallest absolute Gasteiger partial charge is 0.408 e. The van der Waals surface area contributed by atoms with Crippen LogP contribution >= 0.6 is 0 Å². The number of ether oxygens (including phenoxy) is 1. The summed E-state index contributed by atoms with van der Waals surface area (Å²) in [5.41, 5.74) is 2.06. The van der Waals surface area contributed by atoms with Crippen LogP contribution in [-0.2, 0) is 20.9 Å². The number of carbonyl (C=O) groups is 3. The second-order valence-corrected chi connectivity index (χ2v) is 10.9. The zero-order valence-electron chi connectivity index (χ0n) is 23.3. The second kappa shape index (κ2) is 13.8. The van der Waals surface area contributed by atoms with Crippen LogP contribution in [0.3, 0.4) is 0 Å². The molecule has 0 aliphatic heterocycles. The van der Waals surface area contributed by atoms with Crippen molar-refractivity contribution in [3.8, 4) is 0 Å². The Kier molecular flexibility index (Phi) is 11.2. The number of nitrogens with one attached hydrogen (secondary N) is 2. The Bertz CT molecular complexity index is 1010. The summed E-state index contributed by atoms with van der Waals surface area (Å²) in [4.78, 5) is 41.9. The molecule has 2 aromatic rings. The van der Waals surface area contributed by atoms with E-state index in [4.69, 9.17) is 4.74 Å². The Morgan fingerprint density at radius 1 is 0.973 bits per heavy atom. The predicted octanol–water partition coefficient (Wildman–Crippen LogP) is 5.53. The second-order valence-electron chi connectivity index (χ2n) is 10.9. The van der Waals surface area contributed by atoms with Crippen molar-refractivity contribution in [2.24, 2.45) is 5.92 Å². The van der Waals surface area contributed by atoms with Gasteiger partial charge in [-0.2, -0.15) is 0 Å². The van der Waals surface area contributed by atoms with E-state index in [9.17, 15) is 14.4 Å². The van der Waals surface area contributed by atoms with E-state index in [1.54, 1.807) is 25.7 Å². The molecule has 0 spiro atoms. The van der Waals surface area contributed by atoms with Crippen LogP contribution in [0.2, 0.25) is 0 Å². The summed E-state index contributed by atoms with van der Waals surface area (Å²) in [7, 11) is 0. The number of rotatable bonds is 11. The van der Waals surface area contributed by atoms with E-state index in [-0.39, 0.29) is 17.7 Å². The number of alkyl carbamates (subject to hydrolysis) is 1. The minimum atomic E-state index is -0.841. The first-order valence-corrected chi connectivity index (χ1v) is 13.1. The van der Waals surface area contributed by atoms with Crippen molar-refractivity contribution in [3.63, 3.8) is 0 Å². The monoisotopic (exact) mass is 509 g/mol. The Balaban J connectivity index is 2.41. The Hall–Kier alpha value is -3.35. The van der Waals surface area contributed by atoms with Crippen molar-refractivity contribution in [1.29, 1.82) is 0 Å². The highest BCUT2D eigenvalue weighted by molar-refractivity contribution is 5.92. The fourth-order valence-electron chi connectivity index (χ4n) is 4.05. The maximum Gasteiger partial charge on any atom is 0.408 e. The molecule has 0 saturated heterocycles. The van der Waals surface area contributed by atoms with E-state index in [2.05, 4.69) is 10.6 Å². The molecule has 7 nitrogen and oxygen atoms in total. The van der Waals surface area contributed by atoms with Gasteiger partial charge in [-0.05, 0) is 57.6 Å². The molecule has 2 unspecified atom stereocenters. The average molecular weight is 510 g/mol. The Labute approximate surface area is 222 Å². The molecule has 2 rings (SSSR count). The van der Waals surface area contributed by atoms with E-state index in [0.29, 0.717) is 25.9 Å². The zero-order chi connectivity index (χ0) is 27.6.